The molecular weight excluding hydrogens is 362 g/mol. The number of β-amino-alcohol motifs (C(OH)–C–C–N with tert-alkyl or cyclic N) is 1. The Kier molecular flexibility index (Phi) is 3.71. The number of aliphatic hydroxyl groups excluding tert-OH is 1. The number of piperidine rings is 1. The van der Waals surface area contributed by atoms with Gasteiger partial charge in [-0.3, -0.25) is 9.69 Å². The van der Waals surface area contributed by atoms with Crippen molar-refractivity contribution < 1.29 is 9.52 Å². The quantitative estimate of drug-likeness (QED) is 0.716. The van der Waals surface area contributed by atoms with Crippen molar-refractivity contribution in [3.63, 3.8) is 0 Å². The fourth-order valence-electron chi connectivity index (χ4n) is 3.13. The van der Waals surface area contributed by atoms with E-state index in [9.17, 15) is 9.90 Å². The number of nitrogens with zero attached hydrogens (tertiary/aromatic N) is 2. The van der Waals surface area contributed by atoms with Crippen LogP contribution >= 0.6 is 15.9 Å². The first-order valence-corrected chi connectivity index (χ1v) is 8.41. The summed E-state index contributed by atoms with van der Waals surface area (Å²) in [6.45, 7) is 2.03. The molecule has 23 heavy (non-hydrogen) atoms. The van der Waals surface area contributed by atoms with Gasteiger partial charge in [-0.05, 0) is 37.6 Å². The average Bonchev–Trinajstić information content (AvgIpc) is 2.86. The van der Waals surface area contributed by atoms with Crippen LogP contribution in [0.5, 0.6) is 0 Å². The number of nitrogens with one attached hydrogen (secondary N) is 1. The lowest BCUT2D eigenvalue weighted by molar-refractivity contribution is 0.0655. The molecule has 120 valence electrons. The molecule has 3 heterocycles. The summed E-state index contributed by atoms with van der Waals surface area (Å²) in [6, 6.07) is 5.60. The highest BCUT2D eigenvalue weighted by atomic mass is 79.9. The van der Waals surface area contributed by atoms with Crippen molar-refractivity contribution in [3.05, 3.63) is 38.9 Å². The Labute approximate surface area is 140 Å². The van der Waals surface area contributed by atoms with Gasteiger partial charge in [-0.25, -0.2) is 4.98 Å². The molecule has 1 aliphatic heterocycles. The van der Waals surface area contributed by atoms with Crippen molar-refractivity contribution in [1.82, 2.24) is 14.9 Å². The summed E-state index contributed by atoms with van der Waals surface area (Å²) in [4.78, 5) is 21.8. The smallest absolute Gasteiger partial charge is 0.294 e. The molecule has 4 rings (SSSR count). The van der Waals surface area contributed by atoms with Crippen LogP contribution in [-0.2, 0) is 6.54 Å². The number of aromatic nitrogens is 2. The first kappa shape index (κ1) is 14.9. The third-order valence-electron chi connectivity index (χ3n) is 4.19. The van der Waals surface area contributed by atoms with E-state index in [0.717, 1.165) is 29.2 Å². The molecule has 0 saturated carbocycles. The second-order valence-corrected chi connectivity index (χ2v) is 6.88. The van der Waals surface area contributed by atoms with Crippen molar-refractivity contribution in [1.29, 1.82) is 0 Å². The zero-order chi connectivity index (χ0) is 16.0. The van der Waals surface area contributed by atoms with Gasteiger partial charge in [-0.15, -0.1) is 0 Å². The molecule has 1 aliphatic rings. The Hall–Kier alpha value is -1.70. The summed E-state index contributed by atoms with van der Waals surface area (Å²) in [6.07, 6.45) is 1.49. The molecule has 3 aromatic rings. The molecule has 0 amide bonds. The number of hydrogen-bond acceptors (Lipinski definition) is 5. The van der Waals surface area contributed by atoms with Gasteiger partial charge in [-0.1, -0.05) is 15.9 Å². The number of hydrogen-bond donors (Lipinski definition) is 2. The average molecular weight is 378 g/mol. The predicted octanol–water partition coefficient (Wildman–Crippen LogP) is 2.39. The minimum absolute atomic E-state index is 0.250. The molecule has 2 aromatic heterocycles. The summed E-state index contributed by atoms with van der Waals surface area (Å²) < 4.78 is 6.53. The van der Waals surface area contributed by atoms with Crippen LogP contribution in [0.1, 0.15) is 18.7 Å². The normalized spacial score (nSPS) is 19.7. The number of benzene rings is 1. The van der Waals surface area contributed by atoms with Gasteiger partial charge in [-0.2, -0.15) is 0 Å². The van der Waals surface area contributed by atoms with Crippen LogP contribution in [0.15, 0.2) is 31.9 Å². The Morgan fingerprint density at radius 3 is 3.17 bits per heavy atom. The maximum absolute atomic E-state index is 12.3. The zero-order valence-corrected chi connectivity index (χ0v) is 14.0. The number of aliphatic hydroxyl groups is 1. The number of aromatic amines is 1. The van der Waals surface area contributed by atoms with Crippen LogP contribution < -0.4 is 5.56 Å². The molecular formula is C16H16BrN3O3. The molecule has 0 bridgehead atoms. The number of furan rings is 1. The summed E-state index contributed by atoms with van der Waals surface area (Å²) in [7, 11) is 0. The molecule has 1 atom stereocenters. The Morgan fingerprint density at radius 2 is 2.35 bits per heavy atom. The van der Waals surface area contributed by atoms with Crippen molar-refractivity contribution in [2.75, 3.05) is 13.1 Å². The van der Waals surface area contributed by atoms with Crippen molar-refractivity contribution >= 4 is 38.0 Å². The maximum Gasteiger partial charge on any atom is 0.294 e. The zero-order valence-electron chi connectivity index (χ0n) is 12.4. The van der Waals surface area contributed by atoms with Crippen LogP contribution in [0.25, 0.3) is 22.1 Å². The fraction of sp³-hybridized carbons (Fsp3) is 0.375. The Balaban J connectivity index is 1.77. The lowest BCUT2D eigenvalue weighted by Crippen LogP contribution is -2.38. The van der Waals surface area contributed by atoms with E-state index in [2.05, 4.69) is 30.8 Å². The SMILES string of the molecule is O=c1[nH]c(CN2CCCC(O)C2)nc2c1oc1ccc(Br)cc12. The lowest BCUT2D eigenvalue weighted by atomic mass is 10.1. The second kappa shape index (κ2) is 5.74. The van der Waals surface area contributed by atoms with E-state index in [1.807, 2.05) is 18.2 Å². The number of fused-ring (bicyclic) bond motifs is 3. The Morgan fingerprint density at radius 1 is 1.48 bits per heavy atom. The van der Waals surface area contributed by atoms with Crippen LogP contribution in [-0.4, -0.2) is 39.2 Å². The predicted molar refractivity (Wildman–Crippen MR) is 90.4 cm³/mol. The monoisotopic (exact) mass is 377 g/mol. The minimum atomic E-state index is -0.301. The Bertz CT molecular complexity index is 933. The van der Waals surface area contributed by atoms with Crippen molar-refractivity contribution in [3.8, 4) is 0 Å². The molecule has 6 nitrogen and oxygen atoms in total. The van der Waals surface area contributed by atoms with E-state index in [-0.39, 0.29) is 17.2 Å². The van der Waals surface area contributed by atoms with E-state index >= 15 is 0 Å². The number of rotatable bonds is 2. The molecule has 1 fully saturated rings. The fourth-order valence-corrected chi connectivity index (χ4v) is 3.49. The summed E-state index contributed by atoms with van der Waals surface area (Å²) in [5.74, 6) is 0.597. The summed E-state index contributed by atoms with van der Waals surface area (Å²) in [5.41, 5.74) is 1.21. The number of H-pyrrole nitrogens is 1. The molecule has 1 aromatic carbocycles. The molecule has 0 radical (unpaired) electrons. The highest BCUT2D eigenvalue weighted by Gasteiger charge is 2.20. The van der Waals surface area contributed by atoms with E-state index in [1.54, 1.807) is 0 Å². The van der Waals surface area contributed by atoms with Crippen LogP contribution in [0.2, 0.25) is 0 Å². The van der Waals surface area contributed by atoms with Crippen molar-refractivity contribution in [2.24, 2.45) is 0 Å². The van der Waals surface area contributed by atoms with E-state index in [1.165, 1.54) is 0 Å². The minimum Gasteiger partial charge on any atom is -0.449 e. The molecule has 7 heteroatoms. The first-order valence-electron chi connectivity index (χ1n) is 7.61. The van der Waals surface area contributed by atoms with Crippen LogP contribution in [0.4, 0.5) is 0 Å². The van der Waals surface area contributed by atoms with E-state index in [4.69, 9.17) is 4.42 Å². The van der Waals surface area contributed by atoms with E-state index in [0.29, 0.717) is 30.0 Å². The topological polar surface area (TPSA) is 82.4 Å². The van der Waals surface area contributed by atoms with Crippen LogP contribution in [0, 0.1) is 0 Å². The van der Waals surface area contributed by atoms with Gasteiger partial charge < -0.3 is 14.5 Å². The van der Waals surface area contributed by atoms with Gasteiger partial charge in [0.15, 0.2) is 0 Å². The largest absolute Gasteiger partial charge is 0.449 e. The molecule has 0 spiro atoms. The van der Waals surface area contributed by atoms with Gasteiger partial charge in [0.2, 0.25) is 5.58 Å². The van der Waals surface area contributed by atoms with Gasteiger partial charge in [0.05, 0.1) is 12.6 Å². The first-order chi connectivity index (χ1) is 11.1. The second-order valence-electron chi connectivity index (χ2n) is 5.96. The van der Waals surface area contributed by atoms with Crippen molar-refractivity contribution in [2.45, 2.75) is 25.5 Å². The summed E-state index contributed by atoms with van der Waals surface area (Å²) >= 11 is 3.43. The van der Waals surface area contributed by atoms with E-state index < -0.39 is 0 Å². The maximum atomic E-state index is 12.3. The van der Waals surface area contributed by atoms with Gasteiger partial charge in [0, 0.05) is 16.4 Å². The number of halogens is 1. The van der Waals surface area contributed by atoms with Gasteiger partial charge >= 0.3 is 0 Å². The summed E-state index contributed by atoms with van der Waals surface area (Å²) in [5, 5.41) is 10.6. The highest BCUT2D eigenvalue weighted by Crippen LogP contribution is 2.28. The molecule has 1 unspecified atom stereocenters. The van der Waals surface area contributed by atoms with Gasteiger partial charge in [0.25, 0.3) is 5.56 Å². The molecule has 2 N–H and O–H groups in total. The molecule has 1 saturated heterocycles. The standard InChI is InChI=1S/C16H16BrN3O3/c17-9-3-4-12-11(6-9)14-15(23-12)16(22)19-13(18-14)8-20-5-1-2-10(21)7-20/h3-4,6,10,21H,1-2,5,7-8H2,(H,18,19,22). The van der Waals surface area contributed by atoms with Crippen LogP contribution in [0.3, 0.4) is 0 Å². The van der Waals surface area contributed by atoms with Gasteiger partial charge in [0.1, 0.15) is 16.9 Å². The third kappa shape index (κ3) is 2.80. The molecule has 0 aliphatic carbocycles. The lowest BCUT2D eigenvalue weighted by Gasteiger charge is -2.29. The third-order valence-corrected chi connectivity index (χ3v) is 4.68. The highest BCUT2D eigenvalue weighted by molar-refractivity contribution is 9.10. The number of likely N-dealkylation sites (tertiary alicyclic amines) is 1.